The van der Waals surface area contributed by atoms with E-state index in [1.807, 2.05) is 23.6 Å². The molecule has 0 bridgehead atoms. The second-order valence-corrected chi connectivity index (χ2v) is 6.06. The second-order valence-electron chi connectivity index (χ2n) is 6.06. The first kappa shape index (κ1) is 16.9. The first-order valence-electron chi connectivity index (χ1n) is 8.86. The molecule has 4 rings (SSSR count). The van der Waals surface area contributed by atoms with Crippen molar-refractivity contribution in [2.45, 2.75) is 26.8 Å². The lowest BCUT2D eigenvalue weighted by Gasteiger charge is -2.07. The van der Waals surface area contributed by atoms with E-state index in [0.717, 1.165) is 17.8 Å². The zero-order chi connectivity index (χ0) is 18.8. The van der Waals surface area contributed by atoms with Gasteiger partial charge in [0, 0.05) is 18.4 Å². The number of nitrogens with two attached hydrogens (primary N) is 1. The molecule has 3 heterocycles. The van der Waals surface area contributed by atoms with Gasteiger partial charge in [-0.15, -0.1) is 0 Å². The summed E-state index contributed by atoms with van der Waals surface area (Å²) in [7, 11) is 0. The minimum atomic E-state index is 0.214. The highest BCUT2D eigenvalue weighted by molar-refractivity contribution is 5.77. The predicted octanol–water partition coefficient (Wildman–Crippen LogP) is 3.19. The molecule has 0 saturated carbocycles. The van der Waals surface area contributed by atoms with Gasteiger partial charge < -0.3 is 15.6 Å². The summed E-state index contributed by atoms with van der Waals surface area (Å²) in [5, 5.41) is 3.25. The number of fused-ring (bicyclic) bond motifs is 1. The van der Waals surface area contributed by atoms with Crippen molar-refractivity contribution in [1.82, 2.24) is 29.5 Å². The molecule has 0 unspecified atom stereocenters. The van der Waals surface area contributed by atoms with Crippen LogP contribution in [0.4, 0.5) is 17.6 Å². The number of rotatable bonds is 5. The topological polar surface area (TPSA) is 107 Å². The fraction of sp³-hybridized carbons (Fsp3) is 0.211. The second kappa shape index (κ2) is 6.99. The molecule has 3 N–H and O–H groups in total. The molecule has 0 fully saturated rings. The highest BCUT2D eigenvalue weighted by Crippen LogP contribution is 2.23. The van der Waals surface area contributed by atoms with E-state index in [4.69, 9.17) is 5.73 Å². The van der Waals surface area contributed by atoms with Crippen LogP contribution in [-0.4, -0.2) is 29.5 Å². The molecule has 0 aliphatic rings. The van der Waals surface area contributed by atoms with E-state index in [-0.39, 0.29) is 5.95 Å². The van der Waals surface area contributed by atoms with Gasteiger partial charge in [-0.3, -0.25) is 0 Å². The Hall–Kier alpha value is -3.55. The number of nitrogens with one attached hydrogen (secondary N) is 1. The van der Waals surface area contributed by atoms with Crippen LogP contribution in [0.1, 0.15) is 19.4 Å². The third-order valence-corrected chi connectivity index (χ3v) is 4.33. The molecule has 0 saturated heterocycles. The molecule has 3 aromatic heterocycles. The van der Waals surface area contributed by atoms with E-state index in [1.54, 1.807) is 18.5 Å². The lowest BCUT2D eigenvalue weighted by Crippen LogP contribution is -2.03. The van der Waals surface area contributed by atoms with Crippen LogP contribution in [0.25, 0.3) is 22.7 Å². The molecule has 0 amide bonds. The minimum absolute atomic E-state index is 0.214. The van der Waals surface area contributed by atoms with E-state index in [1.165, 1.54) is 5.56 Å². The van der Waals surface area contributed by atoms with Crippen LogP contribution in [0, 0.1) is 0 Å². The molecule has 0 aliphatic carbocycles. The van der Waals surface area contributed by atoms with E-state index >= 15 is 0 Å². The SMILES string of the molecule is CCc1ccc(Nc2ncc3nc(-c4ccnc(N)n4)n(CC)c3n2)cc1. The standard InChI is InChI=1S/C19H20N8/c1-3-12-5-7-13(8-6-12)23-19-22-11-15-17(26-19)27(4-2)16(24-15)14-9-10-21-18(20)25-14/h5-11H,3-4H2,1-2H3,(H2,20,21,25)(H,22,23,26). The van der Waals surface area contributed by atoms with Gasteiger partial charge in [0.2, 0.25) is 11.9 Å². The number of nitrogen functional groups attached to an aromatic ring is 1. The summed E-state index contributed by atoms with van der Waals surface area (Å²) in [6, 6.07) is 10.0. The molecule has 4 aromatic rings. The van der Waals surface area contributed by atoms with Gasteiger partial charge in [0.15, 0.2) is 11.5 Å². The van der Waals surface area contributed by atoms with E-state index in [0.29, 0.717) is 29.5 Å². The number of aryl methyl sites for hydroxylation is 2. The van der Waals surface area contributed by atoms with Crippen LogP contribution in [0.3, 0.4) is 0 Å². The van der Waals surface area contributed by atoms with Gasteiger partial charge in [0.05, 0.1) is 6.20 Å². The van der Waals surface area contributed by atoms with Gasteiger partial charge in [-0.2, -0.15) is 4.98 Å². The first-order chi connectivity index (χ1) is 13.2. The summed E-state index contributed by atoms with van der Waals surface area (Å²) in [6.07, 6.45) is 4.34. The summed E-state index contributed by atoms with van der Waals surface area (Å²) >= 11 is 0. The summed E-state index contributed by atoms with van der Waals surface area (Å²) < 4.78 is 1.99. The van der Waals surface area contributed by atoms with Gasteiger partial charge >= 0.3 is 0 Å². The Bertz CT molecular complexity index is 1080. The molecule has 136 valence electrons. The first-order valence-corrected chi connectivity index (χ1v) is 8.86. The van der Waals surface area contributed by atoms with Gasteiger partial charge in [-0.25, -0.2) is 19.9 Å². The lowest BCUT2D eigenvalue weighted by molar-refractivity contribution is 0.783. The van der Waals surface area contributed by atoms with Crippen molar-refractivity contribution >= 4 is 28.7 Å². The highest BCUT2D eigenvalue weighted by Gasteiger charge is 2.15. The molecule has 8 nitrogen and oxygen atoms in total. The summed E-state index contributed by atoms with van der Waals surface area (Å²) in [6.45, 7) is 4.86. The Morgan fingerprint density at radius 1 is 1.00 bits per heavy atom. The van der Waals surface area contributed by atoms with Gasteiger partial charge in [-0.1, -0.05) is 19.1 Å². The number of hydrogen-bond acceptors (Lipinski definition) is 7. The van der Waals surface area contributed by atoms with Crippen molar-refractivity contribution in [3.05, 3.63) is 48.3 Å². The van der Waals surface area contributed by atoms with Gasteiger partial charge in [0.1, 0.15) is 11.2 Å². The number of imidazole rings is 1. The number of aromatic nitrogens is 6. The molecule has 1 aromatic carbocycles. The van der Waals surface area contributed by atoms with Crippen molar-refractivity contribution in [1.29, 1.82) is 0 Å². The van der Waals surface area contributed by atoms with Crippen LogP contribution in [0.15, 0.2) is 42.7 Å². The molecular formula is C19H20N8. The predicted molar refractivity (Wildman–Crippen MR) is 106 cm³/mol. The van der Waals surface area contributed by atoms with Crippen LogP contribution < -0.4 is 11.1 Å². The third kappa shape index (κ3) is 3.29. The maximum atomic E-state index is 5.72. The molecular weight excluding hydrogens is 340 g/mol. The zero-order valence-electron chi connectivity index (χ0n) is 15.2. The molecule has 27 heavy (non-hydrogen) atoms. The Kier molecular flexibility index (Phi) is 4.37. The van der Waals surface area contributed by atoms with Crippen molar-refractivity contribution in [3.63, 3.8) is 0 Å². The maximum Gasteiger partial charge on any atom is 0.229 e. The largest absolute Gasteiger partial charge is 0.368 e. The molecule has 0 atom stereocenters. The van der Waals surface area contributed by atoms with E-state index in [2.05, 4.69) is 49.3 Å². The number of hydrogen-bond donors (Lipinski definition) is 2. The third-order valence-electron chi connectivity index (χ3n) is 4.33. The maximum absolute atomic E-state index is 5.72. The number of anilines is 3. The Balaban J connectivity index is 1.73. The Morgan fingerprint density at radius 3 is 2.52 bits per heavy atom. The Morgan fingerprint density at radius 2 is 1.81 bits per heavy atom. The van der Waals surface area contributed by atoms with Gasteiger partial charge in [0.25, 0.3) is 0 Å². The summed E-state index contributed by atoms with van der Waals surface area (Å²) in [5.74, 6) is 1.43. The molecule has 0 spiro atoms. The fourth-order valence-corrected chi connectivity index (χ4v) is 2.93. The molecule has 8 heteroatoms. The number of nitrogens with zero attached hydrogens (tertiary/aromatic N) is 6. The average Bonchev–Trinajstić information content (AvgIpc) is 3.06. The van der Waals surface area contributed by atoms with Gasteiger partial charge in [-0.05, 0) is 37.1 Å². The molecule has 0 aliphatic heterocycles. The molecule has 0 radical (unpaired) electrons. The van der Waals surface area contributed by atoms with Crippen LogP contribution in [0.5, 0.6) is 0 Å². The van der Waals surface area contributed by atoms with Crippen molar-refractivity contribution in [3.8, 4) is 11.5 Å². The van der Waals surface area contributed by atoms with Crippen LogP contribution in [-0.2, 0) is 13.0 Å². The summed E-state index contributed by atoms with van der Waals surface area (Å²) in [4.78, 5) is 21.9. The van der Waals surface area contributed by atoms with Crippen molar-refractivity contribution in [2.24, 2.45) is 0 Å². The smallest absolute Gasteiger partial charge is 0.229 e. The summed E-state index contributed by atoms with van der Waals surface area (Å²) in [5.41, 5.74) is 10.1. The zero-order valence-corrected chi connectivity index (χ0v) is 15.2. The quantitative estimate of drug-likeness (QED) is 0.563. The normalized spacial score (nSPS) is 11.0. The minimum Gasteiger partial charge on any atom is -0.368 e. The van der Waals surface area contributed by atoms with E-state index in [9.17, 15) is 0 Å². The fourth-order valence-electron chi connectivity index (χ4n) is 2.93. The van der Waals surface area contributed by atoms with Crippen molar-refractivity contribution in [2.75, 3.05) is 11.1 Å². The van der Waals surface area contributed by atoms with Crippen LogP contribution in [0.2, 0.25) is 0 Å². The Labute approximate surface area is 156 Å². The van der Waals surface area contributed by atoms with Crippen molar-refractivity contribution < 1.29 is 0 Å². The van der Waals surface area contributed by atoms with E-state index < -0.39 is 0 Å². The lowest BCUT2D eigenvalue weighted by atomic mass is 10.1. The van der Waals surface area contributed by atoms with Crippen LogP contribution >= 0.6 is 0 Å². The average molecular weight is 360 g/mol. The number of benzene rings is 1. The monoisotopic (exact) mass is 360 g/mol. The highest BCUT2D eigenvalue weighted by atomic mass is 15.2.